The van der Waals surface area contributed by atoms with E-state index in [0.29, 0.717) is 6.04 Å². The largest absolute Gasteiger partial charge is 0.351 e. The van der Waals surface area contributed by atoms with E-state index < -0.39 is 0 Å². The lowest BCUT2D eigenvalue weighted by Gasteiger charge is -2.14. The number of thiazole rings is 1. The van der Waals surface area contributed by atoms with Crippen LogP contribution in [-0.2, 0) is 0 Å². The van der Waals surface area contributed by atoms with Gasteiger partial charge in [0.2, 0.25) is 0 Å². The fraction of sp³-hybridized carbons (Fsp3) is 0.727. The first kappa shape index (κ1) is 12.5. The van der Waals surface area contributed by atoms with Crippen LogP contribution in [-0.4, -0.2) is 25.6 Å². The molecular formula is C11H21N3S. The van der Waals surface area contributed by atoms with Crippen LogP contribution in [0.4, 0.5) is 5.13 Å². The van der Waals surface area contributed by atoms with Crippen LogP contribution in [0.1, 0.15) is 37.6 Å². The molecule has 0 aliphatic rings. The van der Waals surface area contributed by atoms with Gasteiger partial charge in [0.15, 0.2) is 5.13 Å². The average molecular weight is 227 g/mol. The van der Waals surface area contributed by atoms with Crippen LogP contribution in [0, 0.1) is 0 Å². The summed E-state index contributed by atoms with van der Waals surface area (Å²) >= 11 is 1.78. The van der Waals surface area contributed by atoms with Crippen LogP contribution in [0.5, 0.6) is 0 Å². The molecule has 15 heavy (non-hydrogen) atoms. The molecule has 0 saturated heterocycles. The summed E-state index contributed by atoms with van der Waals surface area (Å²) < 4.78 is 0. The Balaban J connectivity index is 2.58. The van der Waals surface area contributed by atoms with Gasteiger partial charge in [0, 0.05) is 30.7 Å². The van der Waals surface area contributed by atoms with E-state index in [-0.39, 0.29) is 0 Å². The van der Waals surface area contributed by atoms with Gasteiger partial charge < -0.3 is 10.2 Å². The van der Waals surface area contributed by atoms with Gasteiger partial charge in [0.25, 0.3) is 0 Å². The minimum Gasteiger partial charge on any atom is -0.351 e. The summed E-state index contributed by atoms with van der Waals surface area (Å²) in [6.45, 7) is 5.46. The highest BCUT2D eigenvalue weighted by Gasteiger charge is 2.10. The number of aromatic nitrogens is 1. The van der Waals surface area contributed by atoms with E-state index in [2.05, 4.69) is 36.1 Å². The quantitative estimate of drug-likeness (QED) is 0.810. The highest BCUT2D eigenvalue weighted by molar-refractivity contribution is 7.15. The van der Waals surface area contributed by atoms with Crippen molar-refractivity contribution in [2.24, 2.45) is 0 Å². The van der Waals surface area contributed by atoms with Crippen LogP contribution in [0.2, 0.25) is 0 Å². The Bertz CT molecular complexity index is 285. The van der Waals surface area contributed by atoms with E-state index in [1.807, 2.05) is 13.2 Å². The summed E-state index contributed by atoms with van der Waals surface area (Å²) in [4.78, 5) is 7.98. The average Bonchev–Trinajstić information content (AvgIpc) is 2.74. The van der Waals surface area contributed by atoms with Crippen molar-refractivity contribution in [1.82, 2.24) is 10.3 Å². The third-order valence-corrected chi connectivity index (χ3v) is 3.84. The summed E-state index contributed by atoms with van der Waals surface area (Å²) in [6.07, 6.45) is 4.44. The molecule has 0 aromatic carbocycles. The normalized spacial score (nSPS) is 12.8. The molecule has 1 heterocycles. The molecule has 1 rings (SSSR count). The van der Waals surface area contributed by atoms with Crippen molar-refractivity contribution in [1.29, 1.82) is 0 Å². The van der Waals surface area contributed by atoms with Crippen molar-refractivity contribution in [3.63, 3.8) is 0 Å². The molecule has 0 aliphatic heterocycles. The molecule has 0 bridgehead atoms. The standard InChI is InChI=1S/C11H21N3S/c1-5-6-7-14(4)11-13-8-10(15-11)9(2)12-3/h8-9,12H,5-7H2,1-4H3. The van der Waals surface area contributed by atoms with Crippen molar-refractivity contribution in [2.45, 2.75) is 32.7 Å². The molecule has 86 valence electrons. The smallest absolute Gasteiger partial charge is 0.185 e. The highest BCUT2D eigenvalue weighted by Crippen LogP contribution is 2.26. The zero-order chi connectivity index (χ0) is 11.3. The zero-order valence-electron chi connectivity index (χ0n) is 10.1. The second kappa shape index (κ2) is 6.08. The fourth-order valence-electron chi connectivity index (χ4n) is 1.29. The molecule has 0 fully saturated rings. The lowest BCUT2D eigenvalue weighted by molar-refractivity contribution is 0.662. The van der Waals surface area contributed by atoms with E-state index in [1.165, 1.54) is 17.7 Å². The Morgan fingerprint density at radius 3 is 2.93 bits per heavy atom. The first-order valence-electron chi connectivity index (χ1n) is 5.53. The number of nitrogens with zero attached hydrogens (tertiary/aromatic N) is 2. The molecule has 0 spiro atoms. The predicted molar refractivity (Wildman–Crippen MR) is 67.8 cm³/mol. The van der Waals surface area contributed by atoms with E-state index >= 15 is 0 Å². The van der Waals surface area contributed by atoms with Gasteiger partial charge >= 0.3 is 0 Å². The van der Waals surface area contributed by atoms with Crippen molar-refractivity contribution in [3.05, 3.63) is 11.1 Å². The van der Waals surface area contributed by atoms with Crippen LogP contribution >= 0.6 is 11.3 Å². The molecule has 0 aliphatic carbocycles. The predicted octanol–water partition coefficient (Wildman–Crippen LogP) is 2.66. The minimum absolute atomic E-state index is 0.399. The summed E-state index contributed by atoms with van der Waals surface area (Å²) in [5, 5.41) is 4.35. The summed E-state index contributed by atoms with van der Waals surface area (Å²) in [7, 11) is 4.09. The zero-order valence-corrected chi connectivity index (χ0v) is 10.9. The molecule has 1 aromatic rings. The van der Waals surface area contributed by atoms with E-state index in [0.717, 1.165) is 11.7 Å². The highest BCUT2D eigenvalue weighted by atomic mass is 32.1. The Kier molecular flexibility index (Phi) is 5.05. The second-order valence-corrected chi connectivity index (χ2v) is 4.87. The Labute approximate surface area is 96.5 Å². The molecule has 1 unspecified atom stereocenters. The second-order valence-electron chi connectivity index (χ2n) is 3.83. The van der Waals surface area contributed by atoms with Crippen molar-refractivity contribution in [3.8, 4) is 0 Å². The molecule has 0 radical (unpaired) electrons. The van der Waals surface area contributed by atoms with Crippen LogP contribution in [0.3, 0.4) is 0 Å². The Hall–Kier alpha value is -0.610. The number of hydrogen-bond donors (Lipinski definition) is 1. The van der Waals surface area contributed by atoms with Crippen LogP contribution < -0.4 is 10.2 Å². The van der Waals surface area contributed by atoms with Gasteiger partial charge in [-0.1, -0.05) is 13.3 Å². The Morgan fingerprint density at radius 1 is 1.60 bits per heavy atom. The topological polar surface area (TPSA) is 28.2 Å². The third-order valence-electron chi connectivity index (χ3n) is 2.54. The van der Waals surface area contributed by atoms with Gasteiger partial charge in [0.05, 0.1) is 0 Å². The fourth-order valence-corrected chi connectivity index (χ4v) is 2.25. The summed E-state index contributed by atoms with van der Waals surface area (Å²) in [5.41, 5.74) is 0. The van der Waals surface area contributed by atoms with E-state index in [4.69, 9.17) is 0 Å². The van der Waals surface area contributed by atoms with Crippen molar-refractivity contribution in [2.75, 3.05) is 25.5 Å². The molecule has 4 heteroatoms. The molecule has 1 aromatic heterocycles. The maximum atomic E-state index is 4.44. The maximum absolute atomic E-state index is 4.44. The summed E-state index contributed by atoms with van der Waals surface area (Å²) in [5.74, 6) is 0. The minimum atomic E-state index is 0.399. The van der Waals surface area contributed by atoms with Gasteiger partial charge in [-0.25, -0.2) is 4.98 Å². The number of rotatable bonds is 6. The first-order valence-corrected chi connectivity index (χ1v) is 6.34. The lowest BCUT2D eigenvalue weighted by atomic mass is 10.3. The van der Waals surface area contributed by atoms with Crippen molar-refractivity contribution >= 4 is 16.5 Å². The van der Waals surface area contributed by atoms with Crippen LogP contribution in [0.15, 0.2) is 6.20 Å². The van der Waals surface area contributed by atoms with Gasteiger partial charge in [0.1, 0.15) is 0 Å². The van der Waals surface area contributed by atoms with Crippen LogP contribution in [0.25, 0.3) is 0 Å². The monoisotopic (exact) mass is 227 g/mol. The van der Waals surface area contributed by atoms with Gasteiger partial charge in [-0.2, -0.15) is 0 Å². The van der Waals surface area contributed by atoms with Gasteiger partial charge in [-0.3, -0.25) is 0 Å². The molecule has 1 N–H and O–H groups in total. The molecule has 0 saturated carbocycles. The maximum Gasteiger partial charge on any atom is 0.185 e. The number of unbranched alkanes of at least 4 members (excludes halogenated alkanes) is 1. The third kappa shape index (κ3) is 3.47. The molecule has 1 atom stereocenters. The number of hydrogen-bond acceptors (Lipinski definition) is 4. The number of anilines is 1. The molecular weight excluding hydrogens is 206 g/mol. The van der Waals surface area contributed by atoms with Crippen molar-refractivity contribution < 1.29 is 0 Å². The molecule has 0 amide bonds. The number of nitrogens with one attached hydrogen (secondary N) is 1. The lowest BCUT2D eigenvalue weighted by Crippen LogP contribution is -2.17. The SMILES string of the molecule is CCCCN(C)c1ncc(C(C)NC)s1. The Morgan fingerprint density at radius 2 is 2.33 bits per heavy atom. The van der Waals surface area contributed by atoms with Gasteiger partial charge in [-0.15, -0.1) is 11.3 Å². The molecule has 3 nitrogen and oxygen atoms in total. The van der Waals surface area contributed by atoms with Gasteiger partial charge in [-0.05, 0) is 20.4 Å². The van der Waals surface area contributed by atoms with E-state index in [9.17, 15) is 0 Å². The van der Waals surface area contributed by atoms with E-state index in [1.54, 1.807) is 11.3 Å². The first-order chi connectivity index (χ1) is 7.19. The summed E-state index contributed by atoms with van der Waals surface area (Å²) in [6, 6.07) is 0.399.